The van der Waals surface area contributed by atoms with Gasteiger partial charge in [-0.15, -0.1) is 0 Å². The van der Waals surface area contributed by atoms with Crippen LogP contribution in [-0.2, 0) is 23.7 Å². The Morgan fingerprint density at radius 3 is 2.24 bits per heavy atom. The standard InChI is InChI=1S/C13H15N2O.CH4O3S/c1-11-3-5-12(6-4-11)13(16)9-15-8-7-14(2)10-15;1-5(2,3)4/h3-8,10H,9H2,1-2H3;1H3,(H,2,3,4)/q+1;/p-1. The quantitative estimate of drug-likeness (QED) is 0.474. The molecule has 21 heavy (non-hydrogen) atoms. The lowest BCUT2D eigenvalue weighted by molar-refractivity contribution is -0.682. The summed E-state index contributed by atoms with van der Waals surface area (Å²) in [5.41, 5.74) is 1.94. The maximum Gasteiger partial charge on any atom is 0.243 e. The lowest BCUT2D eigenvalue weighted by Gasteiger charge is -1.99. The number of benzene rings is 1. The monoisotopic (exact) mass is 310 g/mol. The van der Waals surface area contributed by atoms with Crippen LogP contribution in [0.4, 0.5) is 0 Å². The van der Waals surface area contributed by atoms with Crippen molar-refractivity contribution in [3.8, 4) is 0 Å². The molecule has 1 heterocycles. The molecule has 0 atom stereocenters. The molecule has 0 fully saturated rings. The summed E-state index contributed by atoms with van der Waals surface area (Å²) in [5.74, 6) is 0.135. The van der Waals surface area contributed by atoms with Crippen molar-refractivity contribution in [3.63, 3.8) is 0 Å². The molecule has 114 valence electrons. The van der Waals surface area contributed by atoms with Gasteiger partial charge < -0.3 is 4.55 Å². The summed E-state index contributed by atoms with van der Waals surface area (Å²) >= 11 is 0. The molecule has 0 aliphatic heterocycles. The first-order valence-electron chi connectivity index (χ1n) is 6.17. The van der Waals surface area contributed by atoms with Crippen LogP contribution in [0.5, 0.6) is 0 Å². The summed E-state index contributed by atoms with van der Waals surface area (Å²) in [7, 11) is -1.98. The average Bonchev–Trinajstić information content (AvgIpc) is 2.73. The summed E-state index contributed by atoms with van der Waals surface area (Å²) in [6.45, 7) is 2.41. The third-order valence-electron chi connectivity index (χ3n) is 2.52. The number of ketones is 1. The van der Waals surface area contributed by atoms with Gasteiger partial charge >= 0.3 is 0 Å². The third kappa shape index (κ3) is 7.38. The number of carbonyl (C=O) groups excluding carboxylic acids is 1. The zero-order valence-corrected chi connectivity index (χ0v) is 13.0. The van der Waals surface area contributed by atoms with Crippen LogP contribution < -0.4 is 4.57 Å². The number of Topliss-reactive ketones (excluding diaryl/α,β-unsaturated/α-hetero) is 1. The topological polar surface area (TPSA) is 83.1 Å². The lowest BCUT2D eigenvalue weighted by Crippen LogP contribution is -2.35. The Hall–Kier alpha value is -1.99. The fraction of sp³-hybridized carbons (Fsp3) is 0.286. The Labute approximate surface area is 124 Å². The molecule has 0 aliphatic carbocycles. The highest BCUT2D eigenvalue weighted by molar-refractivity contribution is 7.84. The average molecular weight is 310 g/mol. The molecule has 2 aromatic rings. The van der Waals surface area contributed by atoms with Gasteiger partial charge in [0.1, 0.15) is 12.4 Å². The zero-order chi connectivity index (χ0) is 16.0. The van der Waals surface area contributed by atoms with Crippen LogP contribution >= 0.6 is 0 Å². The molecule has 0 radical (unpaired) electrons. The summed E-state index contributed by atoms with van der Waals surface area (Å²) < 4.78 is 31.0. The first-order valence-corrected chi connectivity index (χ1v) is 7.98. The lowest BCUT2D eigenvalue weighted by atomic mass is 10.1. The van der Waals surface area contributed by atoms with E-state index in [1.165, 1.54) is 5.56 Å². The van der Waals surface area contributed by atoms with E-state index < -0.39 is 10.1 Å². The van der Waals surface area contributed by atoms with Crippen LogP contribution in [0.1, 0.15) is 15.9 Å². The second kappa shape index (κ2) is 7.14. The molecule has 1 aromatic heterocycles. The van der Waals surface area contributed by atoms with Crippen molar-refractivity contribution in [3.05, 3.63) is 54.1 Å². The molecule has 2 rings (SSSR count). The van der Waals surface area contributed by atoms with E-state index in [2.05, 4.69) is 0 Å². The van der Waals surface area contributed by atoms with Gasteiger partial charge in [0.05, 0.1) is 17.2 Å². The first kappa shape index (κ1) is 17.1. The highest BCUT2D eigenvalue weighted by Crippen LogP contribution is 2.03. The van der Waals surface area contributed by atoms with Crippen LogP contribution in [0.15, 0.2) is 43.0 Å². The molecular formula is C14H18N2O4S. The molecule has 0 N–H and O–H groups in total. The van der Waals surface area contributed by atoms with E-state index in [0.29, 0.717) is 12.8 Å². The SMILES string of the molecule is CS(=O)(=O)[O-].Cc1ccc(C(=O)C[n+]2ccn(C)c2)cc1. The summed E-state index contributed by atoms with van der Waals surface area (Å²) in [6, 6.07) is 7.67. The second-order valence-electron chi connectivity index (χ2n) is 4.74. The van der Waals surface area contributed by atoms with Gasteiger partial charge in [-0.05, 0) is 6.92 Å². The number of nitrogens with zero attached hydrogens (tertiary/aromatic N) is 2. The van der Waals surface area contributed by atoms with Gasteiger partial charge in [0.15, 0.2) is 6.54 Å². The predicted molar refractivity (Wildman–Crippen MR) is 76.7 cm³/mol. The van der Waals surface area contributed by atoms with E-state index in [4.69, 9.17) is 13.0 Å². The normalized spacial score (nSPS) is 10.7. The number of aromatic nitrogens is 2. The maximum atomic E-state index is 11.9. The van der Waals surface area contributed by atoms with Crippen molar-refractivity contribution < 1.29 is 22.3 Å². The van der Waals surface area contributed by atoms with Crippen molar-refractivity contribution in [2.24, 2.45) is 7.05 Å². The molecule has 0 spiro atoms. The molecule has 0 unspecified atom stereocenters. The summed E-state index contributed by atoms with van der Waals surface area (Å²) in [5, 5.41) is 0. The summed E-state index contributed by atoms with van der Waals surface area (Å²) in [4.78, 5) is 11.9. The molecule has 0 bridgehead atoms. The summed E-state index contributed by atoms with van der Waals surface area (Å²) in [6.07, 6.45) is 6.31. The van der Waals surface area contributed by atoms with Gasteiger partial charge in [-0.2, -0.15) is 0 Å². The molecule has 0 saturated carbocycles. The van der Waals surface area contributed by atoms with Gasteiger partial charge in [0, 0.05) is 11.8 Å². The number of hydrogen-bond donors (Lipinski definition) is 0. The number of aryl methyl sites for hydroxylation is 2. The van der Waals surface area contributed by atoms with Crippen molar-refractivity contribution in [1.82, 2.24) is 4.57 Å². The Balaban J connectivity index is 0.000000383. The molecular weight excluding hydrogens is 292 g/mol. The van der Waals surface area contributed by atoms with Crippen molar-refractivity contribution in [1.29, 1.82) is 0 Å². The highest BCUT2D eigenvalue weighted by atomic mass is 32.2. The van der Waals surface area contributed by atoms with E-state index in [1.807, 2.05) is 66.1 Å². The largest absolute Gasteiger partial charge is 0.748 e. The number of hydrogen-bond acceptors (Lipinski definition) is 4. The predicted octanol–water partition coefficient (Wildman–Crippen LogP) is 0.665. The van der Waals surface area contributed by atoms with E-state index in [0.717, 1.165) is 5.56 Å². The van der Waals surface area contributed by atoms with Crippen molar-refractivity contribution in [2.75, 3.05) is 6.26 Å². The fourth-order valence-electron chi connectivity index (χ4n) is 1.59. The molecule has 0 amide bonds. The van der Waals surface area contributed by atoms with Crippen LogP contribution in [0.25, 0.3) is 0 Å². The van der Waals surface area contributed by atoms with Crippen LogP contribution in [0, 0.1) is 6.92 Å². The minimum atomic E-state index is -3.92. The van der Waals surface area contributed by atoms with E-state index >= 15 is 0 Å². The Bertz CT molecular complexity index is 695. The van der Waals surface area contributed by atoms with Gasteiger partial charge in [-0.3, -0.25) is 4.79 Å². The zero-order valence-electron chi connectivity index (χ0n) is 12.2. The Kier molecular flexibility index (Phi) is 5.80. The Morgan fingerprint density at radius 2 is 1.81 bits per heavy atom. The van der Waals surface area contributed by atoms with Gasteiger partial charge in [-0.1, -0.05) is 29.8 Å². The maximum absolute atomic E-state index is 11.9. The highest BCUT2D eigenvalue weighted by Gasteiger charge is 2.09. The third-order valence-corrected chi connectivity index (χ3v) is 2.52. The van der Waals surface area contributed by atoms with Gasteiger partial charge in [0.25, 0.3) is 0 Å². The second-order valence-corrected chi connectivity index (χ2v) is 6.15. The van der Waals surface area contributed by atoms with Crippen LogP contribution in [0.2, 0.25) is 0 Å². The number of rotatable bonds is 3. The minimum Gasteiger partial charge on any atom is -0.748 e. The van der Waals surface area contributed by atoms with E-state index in [-0.39, 0.29) is 5.78 Å². The van der Waals surface area contributed by atoms with Crippen LogP contribution in [0.3, 0.4) is 0 Å². The molecule has 6 nitrogen and oxygen atoms in total. The first-order chi connectivity index (χ1) is 9.65. The Morgan fingerprint density at radius 1 is 1.29 bits per heavy atom. The molecule has 1 aromatic carbocycles. The molecule has 0 saturated heterocycles. The van der Waals surface area contributed by atoms with E-state index in [9.17, 15) is 4.79 Å². The van der Waals surface area contributed by atoms with Crippen LogP contribution in [-0.4, -0.2) is 29.6 Å². The smallest absolute Gasteiger partial charge is 0.243 e. The molecule has 0 aliphatic rings. The van der Waals surface area contributed by atoms with Gasteiger partial charge in [0.2, 0.25) is 12.1 Å². The van der Waals surface area contributed by atoms with Crippen molar-refractivity contribution in [2.45, 2.75) is 13.5 Å². The van der Waals surface area contributed by atoms with Gasteiger partial charge in [-0.25, -0.2) is 17.6 Å². The minimum absolute atomic E-state index is 0.135. The van der Waals surface area contributed by atoms with E-state index in [1.54, 1.807) is 0 Å². The molecule has 7 heteroatoms. The number of carbonyl (C=O) groups is 1. The van der Waals surface area contributed by atoms with Crippen molar-refractivity contribution >= 4 is 15.9 Å². The number of imidazole rings is 1. The fourth-order valence-corrected chi connectivity index (χ4v) is 1.59.